The maximum absolute atomic E-state index is 10.7. The number of hydrogen-bond donors (Lipinski definition) is 0. The van der Waals surface area contributed by atoms with Gasteiger partial charge in [-0.15, -0.1) is 0 Å². The fourth-order valence-electron chi connectivity index (χ4n) is 4.57. The molecule has 0 aliphatic rings. The standard InChI is InChI=1S/C27H32N2.C8H6O3.Cu/c1-17(2)22-13-9-14-23(18(3)4)27(22)28-21(7)24-15-10-16-25(29-24)26-19(5)11-8-12-20(26)6;9-7(8(10)11)6-4-2-1-3-5-6;/h8-18H,1-7H3;1-5H,(H,10,11);/q;;+1/p-1. The first kappa shape index (κ1) is 33.3. The number of hydrogen-bond acceptors (Lipinski definition) is 5. The molecule has 0 unspecified atom stereocenters. The van der Waals surface area contributed by atoms with Gasteiger partial charge in [-0.3, -0.25) is 9.79 Å². The van der Waals surface area contributed by atoms with Crippen LogP contribution in [0, 0.1) is 13.8 Å². The molecule has 0 N–H and O–H groups in total. The topological polar surface area (TPSA) is 82.4 Å². The number of ketones is 1. The summed E-state index contributed by atoms with van der Waals surface area (Å²) in [5, 5.41) is 10.0. The van der Waals surface area contributed by atoms with Gasteiger partial charge in [-0.2, -0.15) is 0 Å². The maximum atomic E-state index is 10.7. The number of Topliss-reactive ketones (excluding diaryl/α,β-unsaturated/α-hetero) is 1. The van der Waals surface area contributed by atoms with Crippen molar-refractivity contribution in [1.29, 1.82) is 0 Å². The van der Waals surface area contributed by atoms with Crippen LogP contribution in [-0.4, -0.2) is 22.4 Å². The van der Waals surface area contributed by atoms with Crippen LogP contribution in [-0.2, 0) is 21.9 Å². The van der Waals surface area contributed by atoms with E-state index in [9.17, 15) is 14.7 Å². The summed E-state index contributed by atoms with van der Waals surface area (Å²) in [6.45, 7) is 15.3. The molecule has 6 heteroatoms. The van der Waals surface area contributed by atoms with E-state index in [1.54, 1.807) is 18.2 Å². The Labute approximate surface area is 254 Å². The third kappa shape index (κ3) is 8.56. The second kappa shape index (κ2) is 15.2. The molecule has 0 spiro atoms. The van der Waals surface area contributed by atoms with Crippen molar-refractivity contribution < 1.29 is 31.8 Å². The number of nitrogens with zero attached hydrogens (tertiary/aromatic N) is 2. The zero-order valence-corrected chi connectivity index (χ0v) is 25.6. The number of aromatic nitrogens is 1. The molecule has 1 heterocycles. The molecular formula is C35H37CuN2O3. The molecule has 3 aromatic carbocycles. The van der Waals surface area contributed by atoms with Crippen LogP contribution in [0.25, 0.3) is 11.3 Å². The van der Waals surface area contributed by atoms with Gasteiger partial charge in [-0.1, -0.05) is 100 Å². The summed E-state index contributed by atoms with van der Waals surface area (Å²) < 4.78 is 0. The number of carbonyl (C=O) groups is 2. The Morgan fingerprint density at radius 1 is 0.732 bits per heavy atom. The van der Waals surface area contributed by atoms with Gasteiger partial charge in [-0.05, 0) is 67.0 Å². The van der Waals surface area contributed by atoms with Crippen molar-refractivity contribution in [3.05, 3.63) is 118 Å². The van der Waals surface area contributed by atoms with Crippen molar-refractivity contribution in [2.45, 2.75) is 60.3 Å². The van der Waals surface area contributed by atoms with E-state index in [1.165, 1.54) is 39.9 Å². The first-order valence-corrected chi connectivity index (χ1v) is 13.5. The van der Waals surface area contributed by atoms with Gasteiger partial charge in [-0.25, -0.2) is 4.98 Å². The summed E-state index contributed by atoms with van der Waals surface area (Å²) in [7, 11) is 0. The van der Waals surface area contributed by atoms with Crippen LogP contribution in [0.2, 0.25) is 0 Å². The molecule has 0 fully saturated rings. The minimum Gasteiger partial charge on any atom is -0.541 e. The van der Waals surface area contributed by atoms with Gasteiger partial charge in [0.15, 0.2) is 0 Å². The van der Waals surface area contributed by atoms with Gasteiger partial charge in [0, 0.05) is 11.1 Å². The van der Waals surface area contributed by atoms with E-state index in [4.69, 9.17) is 9.98 Å². The number of aliphatic carboxylic acids is 1. The number of pyridine rings is 1. The average Bonchev–Trinajstić information content (AvgIpc) is 2.93. The van der Waals surface area contributed by atoms with Crippen LogP contribution in [0.4, 0.5) is 5.69 Å². The van der Waals surface area contributed by atoms with Crippen molar-refractivity contribution in [1.82, 2.24) is 4.98 Å². The SMILES string of the molecule is CC(=Nc1c(C(C)C)cccc1C(C)C)c1cccc(-c2c(C)cccc2C)n1.O=C([O-])C(=O)c1ccccc1.[Cu+]. The summed E-state index contributed by atoms with van der Waals surface area (Å²) in [5.74, 6) is -1.80. The van der Waals surface area contributed by atoms with E-state index in [0.717, 1.165) is 22.8 Å². The largest absolute Gasteiger partial charge is 1.00 e. The molecule has 0 bridgehead atoms. The molecule has 5 nitrogen and oxygen atoms in total. The number of carbonyl (C=O) groups excluding carboxylic acids is 2. The van der Waals surface area contributed by atoms with E-state index < -0.39 is 11.8 Å². The number of carboxylic acid groups (broad SMARTS) is 1. The molecular weight excluding hydrogens is 560 g/mol. The summed E-state index contributed by atoms with van der Waals surface area (Å²) >= 11 is 0. The zero-order valence-electron chi connectivity index (χ0n) is 24.7. The molecule has 0 saturated heterocycles. The van der Waals surface area contributed by atoms with Crippen LogP contribution in [0.15, 0.2) is 89.9 Å². The monoisotopic (exact) mass is 596 g/mol. The maximum Gasteiger partial charge on any atom is 1.00 e. The molecule has 0 radical (unpaired) electrons. The normalized spacial score (nSPS) is 11.0. The van der Waals surface area contributed by atoms with Gasteiger partial charge < -0.3 is 9.90 Å². The van der Waals surface area contributed by atoms with Crippen LogP contribution in [0.3, 0.4) is 0 Å². The Morgan fingerprint density at radius 2 is 1.24 bits per heavy atom. The molecule has 0 atom stereocenters. The summed E-state index contributed by atoms with van der Waals surface area (Å²) in [6.07, 6.45) is 0. The molecule has 216 valence electrons. The van der Waals surface area contributed by atoms with E-state index >= 15 is 0 Å². The van der Waals surface area contributed by atoms with E-state index in [-0.39, 0.29) is 22.6 Å². The molecule has 41 heavy (non-hydrogen) atoms. The summed E-state index contributed by atoms with van der Waals surface area (Å²) in [4.78, 5) is 30.8. The smallest absolute Gasteiger partial charge is 0.541 e. The van der Waals surface area contributed by atoms with Gasteiger partial charge in [0.25, 0.3) is 0 Å². The van der Waals surface area contributed by atoms with Crippen molar-refractivity contribution in [2.75, 3.05) is 0 Å². The van der Waals surface area contributed by atoms with E-state index in [1.807, 2.05) is 0 Å². The van der Waals surface area contributed by atoms with Crippen LogP contribution in [0.5, 0.6) is 0 Å². The first-order chi connectivity index (χ1) is 19.0. The Balaban J connectivity index is 0.000000413. The third-order valence-electron chi connectivity index (χ3n) is 6.70. The number of aliphatic imine (C=N–C) groups is 1. The third-order valence-corrected chi connectivity index (χ3v) is 6.70. The molecule has 0 amide bonds. The molecule has 4 rings (SSSR count). The number of benzene rings is 3. The van der Waals surface area contributed by atoms with Crippen molar-refractivity contribution >= 4 is 23.2 Å². The number of carboxylic acids is 1. The van der Waals surface area contributed by atoms with Crippen molar-refractivity contribution in [3.8, 4) is 11.3 Å². The zero-order chi connectivity index (χ0) is 29.4. The Hall–Kier alpha value is -3.86. The van der Waals surface area contributed by atoms with Crippen molar-refractivity contribution in [3.63, 3.8) is 0 Å². The summed E-state index contributed by atoms with van der Waals surface area (Å²) in [5.41, 5.74) is 10.4. The fraction of sp³-hybridized carbons (Fsp3) is 0.257. The minimum absolute atomic E-state index is 0. The first-order valence-electron chi connectivity index (χ1n) is 13.5. The van der Waals surface area contributed by atoms with Crippen molar-refractivity contribution in [2.24, 2.45) is 4.99 Å². The fourth-order valence-corrected chi connectivity index (χ4v) is 4.57. The summed E-state index contributed by atoms with van der Waals surface area (Å²) in [6, 6.07) is 26.9. The van der Waals surface area contributed by atoms with Gasteiger partial charge in [0.1, 0.15) is 5.97 Å². The molecule has 0 saturated carbocycles. The number of aryl methyl sites for hydroxylation is 2. The van der Waals surface area contributed by atoms with Crippen LogP contribution < -0.4 is 5.11 Å². The Morgan fingerprint density at radius 3 is 1.76 bits per heavy atom. The van der Waals surface area contributed by atoms with E-state index in [2.05, 4.69) is 103 Å². The second-order valence-electron chi connectivity index (χ2n) is 10.4. The predicted octanol–water partition coefficient (Wildman–Crippen LogP) is 7.37. The Bertz CT molecular complexity index is 1480. The minimum atomic E-state index is -1.67. The number of para-hydroxylation sites is 1. The molecule has 0 aliphatic heterocycles. The average molecular weight is 597 g/mol. The van der Waals surface area contributed by atoms with E-state index in [0.29, 0.717) is 11.8 Å². The second-order valence-corrected chi connectivity index (χ2v) is 10.4. The predicted molar refractivity (Wildman–Crippen MR) is 161 cm³/mol. The molecule has 1 aromatic heterocycles. The van der Waals surface area contributed by atoms with Crippen LogP contribution >= 0.6 is 0 Å². The quantitative estimate of drug-likeness (QED) is 0.0965. The van der Waals surface area contributed by atoms with Gasteiger partial charge in [0.05, 0.1) is 22.8 Å². The molecule has 0 aliphatic carbocycles. The van der Waals surface area contributed by atoms with Gasteiger partial charge >= 0.3 is 17.1 Å². The van der Waals surface area contributed by atoms with Crippen LogP contribution in [0.1, 0.15) is 84.8 Å². The number of rotatable bonds is 7. The Kier molecular flexibility index (Phi) is 12.4. The van der Waals surface area contributed by atoms with Gasteiger partial charge in [0.2, 0.25) is 5.78 Å². The molecule has 4 aromatic rings.